The molecule has 0 saturated carbocycles. The van der Waals surface area contributed by atoms with Crippen molar-refractivity contribution in [1.82, 2.24) is 0 Å². The first kappa shape index (κ1) is 9.64. The Labute approximate surface area is 71.8 Å². The van der Waals surface area contributed by atoms with Crippen molar-refractivity contribution in [2.24, 2.45) is 0 Å². The molecule has 0 radical (unpaired) electrons. The van der Waals surface area contributed by atoms with E-state index in [4.69, 9.17) is 14.2 Å². The summed E-state index contributed by atoms with van der Waals surface area (Å²) in [5, 5.41) is 0. The maximum absolute atomic E-state index is 11.5. The van der Waals surface area contributed by atoms with Crippen LogP contribution in [-0.4, -0.2) is 38.5 Å². The lowest BCUT2D eigenvalue weighted by Gasteiger charge is -2.34. The van der Waals surface area contributed by atoms with Crippen molar-refractivity contribution in [1.29, 1.82) is 0 Å². The number of ketones is 1. The second-order valence-electron chi connectivity index (χ2n) is 2.91. The fourth-order valence-electron chi connectivity index (χ4n) is 1.24. The van der Waals surface area contributed by atoms with E-state index < -0.39 is 5.79 Å². The van der Waals surface area contributed by atoms with Gasteiger partial charge in [-0.05, 0) is 6.92 Å². The van der Waals surface area contributed by atoms with Crippen molar-refractivity contribution in [2.75, 3.05) is 20.8 Å². The first-order valence-electron chi connectivity index (χ1n) is 3.90. The molecule has 1 fully saturated rings. The minimum atomic E-state index is -1.16. The maximum Gasteiger partial charge on any atom is 0.252 e. The SMILES string of the molecule is COC1(OC)CO[C@@H](C)CC1=O. The van der Waals surface area contributed by atoms with Crippen molar-refractivity contribution >= 4 is 5.78 Å². The van der Waals surface area contributed by atoms with Gasteiger partial charge in [0.15, 0.2) is 5.78 Å². The van der Waals surface area contributed by atoms with Crippen LogP contribution in [0.1, 0.15) is 13.3 Å². The molecule has 1 saturated heterocycles. The lowest BCUT2D eigenvalue weighted by Crippen LogP contribution is -2.52. The molecule has 0 aromatic carbocycles. The molecule has 1 aliphatic rings. The van der Waals surface area contributed by atoms with Gasteiger partial charge in [0.25, 0.3) is 5.79 Å². The molecule has 0 N–H and O–H groups in total. The summed E-state index contributed by atoms with van der Waals surface area (Å²) in [6.07, 6.45) is 0.317. The highest BCUT2D eigenvalue weighted by Crippen LogP contribution is 2.23. The fraction of sp³-hybridized carbons (Fsp3) is 0.875. The van der Waals surface area contributed by atoms with Gasteiger partial charge in [-0.15, -0.1) is 0 Å². The molecule has 1 atom stereocenters. The summed E-state index contributed by atoms with van der Waals surface area (Å²) in [7, 11) is 2.89. The molecule has 70 valence electrons. The lowest BCUT2D eigenvalue weighted by atomic mass is 10.0. The van der Waals surface area contributed by atoms with Gasteiger partial charge in [-0.25, -0.2) is 0 Å². The van der Waals surface area contributed by atoms with E-state index in [1.807, 2.05) is 6.92 Å². The monoisotopic (exact) mass is 174 g/mol. The van der Waals surface area contributed by atoms with E-state index in [9.17, 15) is 4.79 Å². The van der Waals surface area contributed by atoms with E-state index in [1.54, 1.807) is 0 Å². The molecule has 1 rings (SSSR count). The quantitative estimate of drug-likeness (QED) is 0.567. The summed E-state index contributed by atoms with van der Waals surface area (Å²) in [4.78, 5) is 11.5. The molecule has 0 unspecified atom stereocenters. The van der Waals surface area contributed by atoms with Gasteiger partial charge in [0.1, 0.15) is 6.61 Å². The van der Waals surface area contributed by atoms with Gasteiger partial charge in [0.2, 0.25) is 0 Å². The predicted octanol–water partition coefficient (Wildman–Crippen LogP) is 0.353. The standard InChI is InChI=1S/C8H14O4/c1-6-4-7(9)8(10-2,11-3)5-12-6/h6H,4-5H2,1-3H3/t6-/m0/s1. The van der Waals surface area contributed by atoms with Gasteiger partial charge in [0, 0.05) is 20.6 Å². The molecule has 0 spiro atoms. The first-order chi connectivity index (χ1) is 5.64. The number of rotatable bonds is 2. The molecular formula is C8H14O4. The molecule has 0 bridgehead atoms. The van der Waals surface area contributed by atoms with Gasteiger partial charge in [-0.3, -0.25) is 4.79 Å². The Hall–Kier alpha value is -0.450. The largest absolute Gasteiger partial charge is 0.372 e. The van der Waals surface area contributed by atoms with Crippen LogP contribution in [0.3, 0.4) is 0 Å². The maximum atomic E-state index is 11.5. The molecule has 1 aliphatic heterocycles. The van der Waals surface area contributed by atoms with E-state index in [0.29, 0.717) is 6.42 Å². The number of hydrogen-bond donors (Lipinski definition) is 0. The number of carbonyl (C=O) groups is 1. The highest BCUT2D eigenvalue weighted by Gasteiger charge is 2.43. The van der Waals surface area contributed by atoms with Gasteiger partial charge in [0.05, 0.1) is 6.10 Å². The number of hydrogen-bond acceptors (Lipinski definition) is 4. The van der Waals surface area contributed by atoms with Gasteiger partial charge in [-0.1, -0.05) is 0 Å². The van der Waals surface area contributed by atoms with Crippen molar-refractivity contribution in [3.8, 4) is 0 Å². The van der Waals surface area contributed by atoms with Crippen molar-refractivity contribution in [2.45, 2.75) is 25.2 Å². The fourth-order valence-corrected chi connectivity index (χ4v) is 1.24. The molecule has 0 aromatic heterocycles. The summed E-state index contributed by atoms with van der Waals surface area (Å²) in [5.74, 6) is -1.21. The Morgan fingerprint density at radius 3 is 2.50 bits per heavy atom. The van der Waals surface area contributed by atoms with Gasteiger partial charge < -0.3 is 14.2 Å². The second kappa shape index (κ2) is 3.51. The first-order valence-corrected chi connectivity index (χ1v) is 3.90. The molecule has 1 heterocycles. The Bertz CT molecular complexity index is 174. The zero-order chi connectivity index (χ0) is 9.19. The Balaban J connectivity index is 2.71. The summed E-state index contributed by atoms with van der Waals surface area (Å²) < 4.78 is 15.3. The average molecular weight is 174 g/mol. The summed E-state index contributed by atoms with van der Waals surface area (Å²) >= 11 is 0. The van der Waals surface area contributed by atoms with Gasteiger partial charge in [-0.2, -0.15) is 0 Å². The molecule has 0 amide bonds. The normalized spacial score (nSPS) is 28.9. The molecular weight excluding hydrogens is 160 g/mol. The third kappa shape index (κ3) is 1.50. The average Bonchev–Trinajstić information content (AvgIpc) is 2.06. The lowest BCUT2D eigenvalue weighted by molar-refractivity contribution is -0.245. The van der Waals surface area contributed by atoms with E-state index in [-0.39, 0.29) is 18.5 Å². The zero-order valence-corrected chi connectivity index (χ0v) is 7.62. The van der Waals surface area contributed by atoms with Crippen LogP contribution in [0.5, 0.6) is 0 Å². The third-order valence-corrected chi connectivity index (χ3v) is 2.12. The topological polar surface area (TPSA) is 44.8 Å². The Morgan fingerprint density at radius 2 is 2.08 bits per heavy atom. The number of Topliss-reactive ketones (excluding diaryl/α,β-unsaturated/α-hetero) is 1. The van der Waals surface area contributed by atoms with Crippen LogP contribution >= 0.6 is 0 Å². The van der Waals surface area contributed by atoms with Crippen LogP contribution in [0.15, 0.2) is 0 Å². The summed E-state index contributed by atoms with van der Waals surface area (Å²) in [5.41, 5.74) is 0. The Kier molecular flexibility index (Phi) is 2.82. The molecule has 4 nitrogen and oxygen atoms in total. The van der Waals surface area contributed by atoms with E-state index in [2.05, 4.69) is 0 Å². The molecule has 0 aromatic rings. The molecule has 12 heavy (non-hydrogen) atoms. The number of ether oxygens (including phenoxy) is 3. The van der Waals surface area contributed by atoms with Crippen molar-refractivity contribution in [3.05, 3.63) is 0 Å². The second-order valence-corrected chi connectivity index (χ2v) is 2.91. The molecule has 4 heteroatoms. The van der Waals surface area contributed by atoms with Crippen LogP contribution < -0.4 is 0 Å². The summed E-state index contributed by atoms with van der Waals surface area (Å²) in [6, 6.07) is 0. The van der Waals surface area contributed by atoms with Crippen LogP contribution in [0.4, 0.5) is 0 Å². The van der Waals surface area contributed by atoms with Crippen LogP contribution in [0.2, 0.25) is 0 Å². The summed E-state index contributed by atoms with van der Waals surface area (Å²) in [6.45, 7) is 2.03. The third-order valence-electron chi connectivity index (χ3n) is 2.12. The minimum absolute atomic E-state index is 0.0316. The van der Waals surface area contributed by atoms with Crippen LogP contribution in [-0.2, 0) is 19.0 Å². The highest BCUT2D eigenvalue weighted by molar-refractivity contribution is 5.87. The number of methoxy groups -OCH3 is 2. The Morgan fingerprint density at radius 1 is 1.50 bits per heavy atom. The molecule has 0 aliphatic carbocycles. The van der Waals surface area contributed by atoms with E-state index >= 15 is 0 Å². The van der Waals surface area contributed by atoms with E-state index in [1.165, 1.54) is 14.2 Å². The highest BCUT2D eigenvalue weighted by atomic mass is 16.7. The van der Waals surface area contributed by atoms with Gasteiger partial charge >= 0.3 is 0 Å². The van der Waals surface area contributed by atoms with Crippen molar-refractivity contribution in [3.63, 3.8) is 0 Å². The predicted molar refractivity (Wildman–Crippen MR) is 41.8 cm³/mol. The van der Waals surface area contributed by atoms with Crippen LogP contribution in [0, 0.1) is 0 Å². The van der Waals surface area contributed by atoms with E-state index in [0.717, 1.165) is 0 Å². The minimum Gasteiger partial charge on any atom is -0.372 e. The van der Waals surface area contributed by atoms with Crippen LogP contribution in [0.25, 0.3) is 0 Å². The van der Waals surface area contributed by atoms with Crippen molar-refractivity contribution < 1.29 is 19.0 Å². The zero-order valence-electron chi connectivity index (χ0n) is 7.62. The number of carbonyl (C=O) groups excluding carboxylic acids is 1. The smallest absolute Gasteiger partial charge is 0.252 e.